The van der Waals surface area contributed by atoms with Gasteiger partial charge >= 0.3 is 0 Å². The third-order valence-corrected chi connectivity index (χ3v) is 5.10. The predicted molar refractivity (Wildman–Crippen MR) is 105 cm³/mol. The van der Waals surface area contributed by atoms with E-state index in [-0.39, 0.29) is 11.6 Å². The number of hydrogen-bond donors (Lipinski definition) is 0. The van der Waals surface area contributed by atoms with E-state index in [1.807, 2.05) is 55.9 Å². The first kappa shape index (κ1) is 17.8. The number of thioether (sulfide) groups is 1. The summed E-state index contributed by atoms with van der Waals surface area (Å²) in [5.41, 5.74) is 0.470. The average molecular weight is 377 g/mol. The van der Waals surface area contributed by atoms with Gasteiger partial charge in [-0.05, 0) is 32.2 Å². The first-order valence-electron chi connectivity index (χ1n) is 7.77. The lowest BCUT2D eigenvalue weighted by molar-refractivity contribution is 0.471. The summed E-state index contributed by atoms with van der Waals surface area (Å²) < 4.78 is 5.44. The fraction of sp³-hybridized carbons (Fsp3) is 0.375. The molecule has 0 unspecified atom stereocenters. The lowest BCUT2D eigenvalue weighted by Crippen LogP contribution is -2.25. The van der Waals surface area contributed by atoms with Gasteiger partial charge in [-0.25, -0.2) is 24.3 Å². The maximum Gasteiger partial charge on any atom is 0.278 e. The van der Waals surface area contributed by atoms with Gasteiger partial charge in [0.15, 0.2) is 16.6 Å². The fourth-order valence-electron chi connectivity index (χ4n) is 2.57. The van der Waals surface area contributed by atoms with Crippen molar-refractivity contribution in [1.29, 1.82) is 0 Å². The van der Waals surface area contributed by atoms with Gasteiger partial charge in [0.1, 0.15) is 11.2 Å². The number of fused-ring (bicyclic) bond motifs is 1. The second-order valence-corrected chi connectivity index (χ2v) is 7.37. The summed E-state index contributed by atoms with van der Waals surface area (Å²) in [7, 11) is 1.95. The zero-order valence-corrected chi connectivity index (χ0v) is 16.4. The number of anilines is 1. The Hall–Kier alpha value is -2.00. The number of hydrogen-bond acceptors (Lipinski definition) is 7. The van der Waals surface area contributed by atoms with Gasteiger partial charge in [0, 0.05) is 25.5 Å². The molecule has 0 radical (unpaired) electrons. The summed E-state index contributed by atoms with van der Waals surface area (Å²) >= 11 is 3.02. The van der Waals surface area contributed by atoms with Crippen LogP contribution in [0.4, 0.5) is 5.82 Å². The van der Waals surface area contributed by atoms with Crippen LogP contribution in [0.1, 0.15) is 19.9 Å². The summed E-state index contributed by atoms with van der Waals surface area (Å²) in [5, 5.41) is 1.12. The summed E-state index contributed by atoms with van der Waals surface area (Å²) in [6.07, 6.45) is 5.50. The summed E-state index contributed by atoms with van der Waals surface area (Å²) in [6, 6.07) is 5.72. The van der Waals surface area contributed by atoms with Gasteiger partial charge in [-0.15, -0.1) is 0 Å². The van der Waals surface area contributed by atoms with Crippen LogP contribution in [0.25, 0.3) is 16.9 Å². The number of aromatic nitrogens is 5. The van der Waals surface area contributed by atoms with Gasteiger partial charge in [-0.2, -0.15) is 0 Å². The molecule has 0 amide bonds. The second-order valence-electron chi connectivity index (χ2n) is 5.68. The van der Waals surface area contributed by atoms with Crippen LogP contribution >= 0.6 is 23.7 Å². The SMILES string of the molecule is CSc1ncc2c(=O)n(C(C)C)n(-c3cccc(N(C)SC)n3)c2n1. The molecule has 0 aliphatic carbocycles. The minimum atomic E-state index is -0.108. The van der Waals surface area contributed by atoms with Crippen LogP contribution in [0.3, 0.4) is 0 Å². The van der Waals surface area contributed by atoms with E-state index in [0.717, 1.165) is 5.82 Å². The zero-order chi connectivity index (χ0) is 18.1. The Morgan fingerprint density at radius 1 is 1.20 bits per heavy atom. The lowest BCUT2D eigenvalue weighted by Gasteiger charge is -2.18. The van der Waals surface area contributed by atoms with Crippen LogP contribution in [-0.2, 0) is 0 Å². The van der Waals surface area contributed by atoms with Gasteiger partial charge in [0.25, 0.3) is 5.56 Å². The van der Waals surface area contributed by atoms with Crippen molar-refractivity contribution in [2.75, 3.05) is 23.9 Å². The largest absolute Gasteiger partial charge is 0.304 e. The van der Waals surface area contributed by atoms with Crippen molar-refractivity contribution in [3.63, 3.8) is 0 Å². The minimum absolute atomic E-state index is 0.0387. The van der Waals surface area contributed by atoms with Gasteiger partial charge in [-0.1, -0.05) is 29.8 Å². The molecule has 0 aliphatic heterocycles. The highest BCUT2D eigenvalue weighted by Crippen LogP contribution is 2.22. The van der Waals surface area contributed by atoms with Crippen molar-refractivity contribution in [1.82, 2.24) is 24.3 Å². The van der Waals surface area contributed by atoms with Crippen molar-refractivity contribution in [2.45, 2.75) is 25.0 Å². The monoisotopic (exact) mass is 376 g/mol. The Morgan fingerprint density at radius 2 is 1.96 bits per heavy atom. The van der Waals surface area contributed by atoms with Crippen molar-refractivity contribution >= 4 is 40.6 Å². The normalized spacial score (nSPS) is 11.4. The number of pyridine rings is 1. The molecule has 0 aromatic carbocycles. The Morgan fingerprint density at radius 3 is 2.60 bits per heavy atom. The van der Waals surface area contributed by atoms with Crippen molar-refractivity contribution < 1.29 is 0 Å². The van der Waals surface area contributed by atoms with Crippen molar-refractivity contribution in [2.24, 2.45) is 0 Å². The molecule has 3 heterocycles. The topological polar surface area (TPSA) is 68.8 Å². The van der Waals surface area contributed by atoms with E-state index in [0.29, 0.717) is 22.0 Å². The Bertz CT molecular complexity index is 965. The molecule has 0 aliphatic rings. The average Bonchev–Trinajstić information content (AvgIpc) is 2.93. The van der Waals surface area contributed by atoms with E-state index < -0.39 is 0 Å². The molecule has 3 aromatic heterocycles. The summed E-state index contributed by atoms with van der Waals surface area (Å²) in [5.74, 6) is 1.47. The lowest BCUT2D eigenvalue weighted by atomic mass is 10.4. The molecule has 132 valence electrons. The van der Waals surface area contributed by atoms with E-state index in [1.54, 1.807) is 27.5 Å². The van der Waals surface area contributed by atoms with Crippen LogP contribution < -0.4 is 9.86 Å². The standard InChI is InChI=1S/C16H20N6OS2/c1-10(2)21-15(23)11-9-17-16(24-4)19-14(11)22(21)13-8-6-7-12(18-13)20(3)25-5/h6-10H,1-5H3. The van der Waals surface area contributed by atoms with Gasteiger partial charge in [-0.3, -0.25) is 4.79 Å². The molecule has 0 N–H and O–H groups in total. The Labute approximate surface area is 154 Å². The molecule has 0 spiro atoms. The molecular weight excluding hydrogens is 356 g/mol. The summed E-state index contributed by atoms with van der Waals surface area (Å²) in [6.45, 7) is 3.94. The molecule has 3 rings (SSSR count). The van der Waals surface area contributed by atoms with Crippen LogP contribution in [0.5, 0.6) is 0 Å². The van der Waals surface area contributed by atoms with E-state index in [9.17, 15) is 4.79 Å². The number of nitrogens with zero attached hydrogens (tertiary/aromatic N) is 6. The molecule has 3 aromatic rings. The molecule has 0 atom stereocenters. The molecular formula is C16H20N6OS2. The molecule has 7 nitrogen and oxygen atoms in total. The first-order valence-corrected chi connectivity index (χ1v) is 10.2. The second kappa shape index (κ2) is 7.09. The Balaban J connectivity index is 2.34. The highest BCUT2D eigenvalue weighted by Gasteiger charge is 2.20. The predicted octanol–water partition coefficient (Wildman–Crippen LogP) is 2.99. The van der Waals surface area contributed by atoms with Crippen LogP contribution in [0.15, 0.2) is 34.3 Å². The zero-order valence-electron chi connectivity index (χ0n) is 14.8. The maximum atomic E-state index is 12.9. The minimum Gasteiger partial charge on any atom is -0.304 e. The van der Waals surface area contributed by atoms with Crippen molar-refractivity contribution in [3.05, 3.63) is 34.7 Å². The highest BCUT2D eigenvalue weighted by molar-refractivity contribution is 7.99. The van der Waals surface area contributed by atoms with E-state index in [1.165, 1.54) is 11.8 Å². The molecule has 9 heteroatoms. The van der Waals surface area contributed by atoms with Crippen LogP contribution in [0.2, 0.25) is 0 Å². The third kappa shape index (κ3) is 3.13. The summed E-state index contributed by atoms with van der Waals surface area (Å²) in [4.78, 5) is 26.4. The van der Waals surface area contributed by atoms with Crippen LogP contribution in [-0.4, -0.2) is 43.9 Å². The maximum absolute atomic E-state index is 12.9. The van der Waals surface area contributed by atoms with E-state index in [4.69, 9.17) is 4.98 Å². The smallest absolute Gasteiger partial charge is 0.278 e. The van der Waals surface area contributed by atoms with E-state index in [2.05, 4.69) is 9.97 Å². The third-order valence-electron chi connectivity index (χ3n) is 3.81. The quantitative estimate of drug-likeness (QED) is 0.385. The van der Waals surface area contributed by atoms with Crippen LogP contribution in [0, 0.1) is 0 Å². The molecule has 0 saturated heterocycles. The van der Waals surface area contributed by atoms with Crippen molar-refractivity contribution in [3.8, 4) is 5.82 Å². The van der Waals surface area contributed by atoms with Gasteiger partial charge < -0.3 is 4.31 Å². The highest BCUT2D eigenvalue weighted by atomic mass is 32.2. The molecule has 25 heavy (non-hydrogen) atoms. The molecule has 0 bridgehead atoms. The number of rotatable bonds is 5. The first-order chi connectivity index (χ1) is 12.0. The Kier molecular flexibility index (Phi) is 5.05. The van der Waals surface area contributed by atoms with Gasteiger partial charge in [0.2, 0.25) is 0 Å². The van der Waals surface area contributed by atoms with E-state index >= 15 is 0 Å². The molecule has 0 saturated carbocycles. The fourth-order valence-corrected chi connectivity index (χ4v) is 3.19. The molecule has 0 fully saturated rings. The van der Waals surface area contributed by atoms with Gasteiger partial charge in [0.05, 0.1) is 0 Å².